The second-order valence-corrected chi connectivity index (χ2v) is 6.48. The minimum Gasteiger partial charge on any atom is -0.373 e. The first-order valence-corrected chi connectivity index (χ1v) is 7.87. The number of ether oxygens (including phenoxy) is 1. The van der Waals surface area contributed by atoms with Gasteiger partial charge in [-0.2, -0.15) is 0 Å². The van der Waals surface area contributed by atoms with E-state index >= 15 is 0 Å². The van der Waals surface area contributed by atoms with Crippen molar-refractivity contribution in [2.75, 3.05) is 5.75 Å². The molecule has 1 N–H and O–H groups in total. The third-order valence-electron chi connectivity index (χ3n) is 4.57. The number of hydrogen-bond acceptors (Lipinski definition) is 3. The largest absolute Gasteiger partial charge is 0.373 e. The summed E-state index contributed by atoms with van der Waals surface area (Å²) in [5.74, 6) is 1.17. The van der Waals surface area contributed by atoms with Gasteiger partial charge in [-0.25, -0.2) is 0 Å². The summed E-state index contributed by atoms with van der Waals surface area (Å²) in [5.41, 5.74) is 0.294. The molecule has 0 saturated carbocycles. The summed E-state index contributed by atoms with van der Waals surface area (Å²) >= 11 is 1.90. The maximum atomic E-state index is 5.86. The molecular weight excluding hydrogens is 232 g/mol. The first kappa shape index (κ1) is 11.8. The molecule has 0 aliphatic carbocycles. The van der Waals surface area contributed by atoms with Crippen LogP contribution in [0.15, 0.2) is 4.99 Å². The van der Waals surface area contributed by atoms with E-state index in [4.69, 9.17) is 9.73 Å². The van der Waals surface area contributed by atoms with Crippen molar-refractivity contribution in [3.05, 3.63) is 0 Å². The van der Waals surface area contributed by atoms with Gasteiger partial charge in [0, 0.05) is 11.3 Å². The normalized spacial score (nSPS) is 41.1. The second-order valence-electron chi connectivity index (χ2n) is 5.51. The number of nitrogens with zero attached hydrogens (tertiary/aromatic N) is 1. The number of hydrogen-bond donors (Lipinski definition) is 1. The van der Waals surface area contributed by atoms with Crippen molar-refractivity contribution in [3.63, 3.8) is 0 Å². The first-order valence-electron chi connectivity index (χ1n) is 6.89. The zero-order valence-corrected chi connectivity index (χ0v) is 11.6. The number of rotatable bonds is 3. The van der Waals surface area contributed by atoms with Crippen molar-refractivity contribution < 1.29 is 4.74 Å². The predicted molar refractivity (Wildman–Crippen MR) is 72.6 cm³/mol. The minimum absolute atomic E-state index is 0.294. The molecule has 17 heavy (non-hydrogen) atoms. The molecule has 3 unspecified atom stereocenters. The lowest BCUT2D eigenvalue weighted by Gasteiger charge is -2.25. The van der Waals surface area contributed by atoms with Crippen LogP contribution in [0.5, 0.6) is 0 Å². The van der Waals surface area contributed by atoms with Gasteiger partial charge in [-0.3, -0.25) is 4.99 Å². The molecule has 3 rings (SSSR count). The predicted octanol–water partition coefficient (Wildman–Crippen LogP) is 2.56. The lowest BCUT2D eigenvalue weighted by Crippen LogP contribution is -2.42. The fraction of sp³-hybridized carbons (Fsp3) is 0.923. The molecule has 0 aromatic carbocycles. The molecule has 0 spiro atoms. The summed E-state index contributed by atoms with van der Waals surface area (Å²) < 4.78 is 5.86. The lowest BCUT2D eigenvalue weighted by molar-refractivity contribution is 0.101. The van der Waals surface area contributed by atoms with Gasteiger partial charge in [-0.15, -0.1) is 0 Å². The van der Waals surface area contributed by atoms with Crippen LogP contribution in [0.2, 0.25) is 0 Å². The van der Waals surface area contributed by atoms with Gasteiger partial charge in [0.05, 0.1) is 18.2 Å². The van der Waals surface area contributed by atoms with E-state index in [9.17, 15) is 0 Å². The highest BCUT2D eigenvalue weighted by molar-refractivity contribution is 8.14. The van der Waals surface area contributed by atoms with Crippen molar-refractivity contribution in [1.82, 2.24) is 5.32 Å². The molecule has 3 atom stereocenters. The third kappa shape index (κ3) is 2.10. The molecule has 0 amide bonds. The topological polar surface area (TPSA) is 33.6 Å². The average Bonchev–Trinajstić information content (AvgIpc) is 3.04. The van der Waals surface area contributed by atoms with Gasteiger partial charge in [0.2, 0.25) is 0 Å². The smallest absolute Gasteiger partial charge is 0.157 e. The third-order valence-corrected chi connectivity index (χ3v) is 5.75. The van der Waals surface area contributed by atoms with E-state index in [-0.39, 0.29) is 0 Å². The molecule has 0 aromatic rings. The molecule has 3 aliphatic rings. The summed E-state index contributed by atoms with van der Waals surface area (Å²) in [4.78, 5) is 4.89. The Bertz CT molecular complexity index is 327. The fourth-order valence-corrected chi connectivity index (χ4v) is 4.50. The van der Waals surface area contributed by atoms with E-state index in [2.05, 4.69) is 19.2 Å². The van der Waals surface area contributed by atoms with E-state index in [1.807, 2.05) is 11.8 Å². The fourth-order valence-electron chi connectivity index (χ4n) is 3.10. The molecule has 3 aliphatic heterocycles. The Kier molecular flexibility index (Phi) is 3.11. The van der Waals surface area contributed by atoms with Gasteiger partial charge in [0.25, 0.3) is 0 Å². The van der Waals surface area contributed by atoms with Crippen LogP contribution in [0, 0.1) is 0 Å². The van der Waals surface area contributed by atoms with Crippen molar-refractivity contribution in [3.8, 4) is 0 Å². The van der Waals surface area contributed by atoms with E-state index in [1.165, 1.54) is 31.4 Å². The first-order chi connectivity index (χ1) is 8.24. The van der Waals surface area contributed by atoms with Gasteiger partial charge in [0.15, 0.2) is 5.17 Å². The highest BCUT2D eigenvalue weighted by Gasteiger charge is 2.42. The molecule has 4 heteroatoms. The van der Waals surface area contributed by atoms with Gasteiger partial charge in [-0.05, 0) is 32.1 Å². The van der Waals surface area contributed by atoms with Crippen LogP contribution < -0.4 is 5.32 Å². The van der Waals surface area contributed by atoms with E-state index in [1.54, 1.807) is 0 Å². The average molecular weight is 254 g/mol. The number of thioether (sulfide) groups is 1. The van der Waals surface area contributed by atoms with Gasteiger partial charge < -0.3 is 10.1 Å². The summed E-state index contributed by atoms with van der Waals surface area (Å²) in [6, 6.07) is 0.424. The molecular formula is C13H22N2OS. The van der Waals surface area contributed by atoms with Crippen molar-refractivity contribution >= 4 is 16.9 Å². The zero-order chi connectivity index (χ0) is 11.9. The molecule has 96 valence electrons. The Morgan fingerprint density at radius 3 is 2.76 bits per heavy atom. The van der Waals surface area contributed by atoms with Crippen molar-refractivity contribution in [2.24, 2.45) is 4.99 Å². The van der Waals surface area contributed by atoms with Crippen LogP contribution >= 0.6 is 11.8 Å². The van der Waals surface area contributed by atoms with Gasteiger partial charge in [-0.1, -0.05) is 25.6 Å². The molecule has 3 fully saturated rings. The van der Waals surface area contributed by atoms with Crippen LogP contribution in [-0.2, 0) is 4.74 Å². The number of nitrogens with one attached hydrogen (secondary N) is 1. The van der Waals surface area contributed by atoms with Crippen LogP contribution in [-0.4, -0.2) is 34.7 Å². The quantitative estimate of drug-likeness (QED) is 0.840. The SMILES string of the molecule is CCC1(CC)CSC(=NC2CC3CCC2O3)N1. The Labute approximate surface area is 108 Å². The number of amidine groups is 1. The second kappa shape index (κ2) is 4.47. The molecule has 0 radical (unpaired) electrons. The molecule has 3 saturated heterocycles. The molecule has 3 nitrogen and oxygen atoms in total. The van der Waals surface area contributed by atoms with Crippen molar-refractivity contribution in [2.45, 2.75) is 69.7 Å². The summed E-state index contributed by atoms with van der Waals surface area (Å²) in [6.45, 7) is 4.53. The summed E-state index contributed by atoms with van der Waals surface area (Å²) in [7, 11) is 0. The Hall–Kier alpha value is -0.220. The minimum atomic E-state index is 0.294. The summed E-state index contributed by atoms with van der Waals surface area (Å²) in [6.07, 6.45) is 6.88. The van der Waals surface area contributed by atoms with Crippen LogP contribution in [0.25, 0.3) is 0 Å². The molecule has 3 heterocycles. The van der Waals surface area contributed by atoms with Gasteiger partial charge in [0.1, 0.15) is 0 Å². The van der Waals surface area contributed by atoms with Crippen LogP contribution in [0.1, 0.15) is 46.0 Å². The van der Waals surface area contributed by atoms with Gasteiger partial charge >= 0.3 is 0 Å². The van der Waals surface area contributed by atoms with Crippen LogP contribution in [0.3, 0.4) is 0 Å². The molecule has 0 aromatic heterocycles. The standard InChI is InChI=1S/C13H22N2OS/c1-3-13(4-2)8-17-12(15-13)14-10-7-9-5-6-11(10)16-9/h9-11H,3-8H2,1-2H3,(H,14,15). The maximum absolute atomic E-state index is 5.86. The van der Waals surface area contributed by atoms with Crippen molar-refractivity contribution in [1.29, 1.82) is 0 Å². The Balaban J connectivity index is 1.66. The van der Waals surface area contributed by atoms with Crippen LogP contribution in [0.4, 0.5) is 0 Å². The zero-order valence-electron chi connectivity index (χ0n) is 10.7. The monoisotopic (exact) mass is 254 g/mol. The van der Waals surface area contributed by atoms with E-state index < -0.39 is 0 Å². The number of fused-ring (bicyclic) bond motifs is 2. The number of aliphatic imine (C=N–C) groups is 1. The Morgan fingerprint density at radius 2 is 2.24 bits per heavy atom. The van der Waals surface area contributed by atoms with E-state index in [0.29, 0.717) is 23.8 Å². The Morgan fingerprint density at radius 1 is 1.41 bits per heavy atom. The van der Waals surface area contributed by atoms with E-state index in [0.717, 1.165) is 11.6 Å². The maximum Gasteiger partial charge on any atom is 0.157 e. The molecule has 2 bridgehead atoms. The lowest BCUT2D eigenvalue weighted by atomic mass is 9.95. The summed E-state index contributed by atoms with van der Waals surface area (Å²) in [5, 5.41) is 4.81. The highest BCUT2D eigenvalue weighted by atomic mass is 32.2. The highest BCUT2D eigenvalue weighted by Crippen LogP contribution is 2.37.